The van der Waals surface area contributed by atoms with Gasteiger partial charge < -0.3 is 65.0 Å². The second kappa shape index (κ2) is 24.8. The zero-order valence-electron chi connectivity index (χ0n) is 34.4. The van der Waals surface area contributed by atoms with Crippen LogP contribution in [0.5, 0.6) is 5.75 Å². The van der Waals surface area contributed by atoms with Gasteiger partial charge in [-0.15, -0.1) is 0 Å². The van der Waals surface area contributed by atoms with E-state index in [1.54, 1.807) is 53.7 Å². The average Bonchev–Trinajstić information content (AvgIpc) is 3.14. The lowest BCUT2D eigenvalue weighted by Gasteiger charge is -2.29. The largest absolute Gasteiger partial charge is 0.508 e. The predicted octanol–water partition coefficient (Wildman–Crippen LogP) is -3.46. The summed E-state index contributed by atoms with van der Waals surface area (Å²) in [4.78, 5) is 116. The smallest absolute Gasteiger partial charge is 0.245 e. The van der Waals surface area contributed by atoms with E-state index in [2.05, 4.69) is 31.9 Å². The Labute approximate surface area is 343 Å². The fourth-order valence-electron chi connectivity index (χ4n) is 5.73. The van der Waals surface area contributed by atoms with Crippen LogP contribution in [-0.4, -0.2) is 112 Å². The van der Waals surface area contributed by atoms with Crippen molar-refractivity contribution in [2.45, 2.75) is 122 Å². The van der Waals surface area contributed by atoms with Gasteiger partial charge in [-0.25, -0.2) is 0 Å². The van der Waals surface area contributed by atoms with Gasteiger partial charge in [-0.05, 0) is 54.7 Å². The van der Waals surface area contributed by atoms with Crippen LogP contribution >= 0.6 is 0 Å². The molecule has 0 radical (unpaired) electrons. The molecule has 0 fully saturated rings. The molecule has 0 spiro atoms. The van der Waals surface area contributed by atoms with Crippen LogP contribution in [0.15, 0.2) is 24.3 Å². The zero-order chi connectivity index (χ0) is 45.1. The zero-order valence-corrected chi connectivity index (χ0v) is 34.4. The molecule has 8 atom stereocenters. The quantitative estimate of drug-likeness (QED) is 0.0433. The highest BCUT2D eigenvalue weighted by molar-refractivity contribution is 5.98. The first-order chi connectivity index (χ1) is 27.5. The van der Waals surface area contributed by atoms with E-state index in [9.17, 15) is 53.4 Å². The van der Waals surface area contributed by atoms with E-state index in [1.807, 2.05) is 0 Å². The van der Waals surface area contributed by atoms with Crippen LogP contribution in [0.3, 0.4) is 0 Å². The topological polar surface area (TPSA) is 370 Å². The van der Waals surface area contributed by atoms with E-state index in [0.29, 0.717) is 12.0 Å². The Morgan fingerprint density at radius 3 is 1.42 bits per heavy atom. The van der Waals surface area contributed by atoms with Gasteiger partial charge in [0.2, 0.25) is 53.2 Å². The summed E-state index contributed by atoms with van der Waals surface area (Å²) in [5, 5.41) is 34.2. The van der Waals surface area contributed by atoms with Gasteiger partial charge in [0, 0.05) is 0 Å². The number of hydrogen-bond acceptors (Lipinski definition) is 12. The number of amides is 9. The van der Waals surface area contributed by atoms with Crippen LogP contribution in [0, 0.1) is 17.8 Å². The summed E-state index contributed by atoms with van der Waals surface area (Å²) in [6.07, 6.45) is -0.762. The fourth-order valence-corrected chi connectivity index (χ4v) is 5.73. The summed E-state index contributed by atoms with van der Waals surface area (Å²) < 4.78 is 0. The van der Waals surface area contributed by atoms with Crippen molar-refractivity contribution in [1.82, 2.24) is 31.9 Å². The molecule has 0 aliphatic carbocycles. The molecule has 9 amide bonds. The van der Waals surface area contributed by atoms with Crippen LogP contribution in [0.1, 0.15) is 79.2 Å². The van der Waals surface area contributed by atoms with Gasteiger partial charge in [0.25, 0.3) is 0 Å². The minimum absolute atomic E-state index is 0.0243. The Morgan fingerprint density at radius 2 is 0.983 bits per heavy atom. The van der Waals surface area contributed by atoms with Gasteiger partial charge in [0.15, 0.2) is 0 Å². The number of aliphatic hydroxyl groups excluding tert-OH is 1. The van der Waals surface area contributed by atoms with E-state index >= 15 is 0 Å². The highest BCUT2D eigenvalue weighted by atomic mass is 16.3. The normalized spacial score (nSPS) is 15.2. The Kier molecular flexibility index (Phi) is 21.5. The van der Waals surface area contributed by atoms with Crippen molar-refractivity contribution in [3.05, 3.63) is 29.8 Å². The SMILES string of the molecule is CC[C@H](C)[C@H](NC(=O)[C@H](CO)NC(=O)[C@H](CC(N)=O)NC(=O)[C@H](CC(C)C)NC(=O)[C@@H](N)Cc1ccc(O)cc1)C(=O)N[C@@H](CC(C)C)C(=O)N[C@@H](CC(N)=O)C(N)=O. The fraction of sp³-hybridized carbons (Fsp3) is 0.605. The maximum atomic E-state index is 13.7. The first kappa shape index (κ1) is 51.2. The molecule has 330 valence electrons. The average molecular weight is 835 g/mol. The van der Waals surface area contributed by atoms with Gasteiger partial charge in [0.05, 0.1) is 25.5 Å². The summed E-state index contributed by atoms with van der Waals surface area (Å²) in [7, 11) is 0. The third kappa shape index (κ3) is 18.5. The predicted molar refractivity (Wildman–Crippen MR) is 214 cm³/mol. The number of carbonyl (C=O) groups is 9. The summed E-state index contributed by atoms with van der Waals surface area (Å²) >= 11 is 0. The maximum absolute atomic E-state index is 13.7. The molecule has 21 heteroatoms. The lowest BCUT2D eigenvalue weighted by Crippen LogP contribution is -2.62. The number of phenolic OH excluding ortho intramolecular Hbond substituents is 1. The van der Waals surface area contributed by atoms with Gasteiger partial charge in [-0.1, -0.05) is 60.1 Å². The molecular formula is C38H62N10O11. The number of rotatable bonds is 26. The minimum atomic E-state index is -1.72. The van der Waals surface area contributed by atoms with Gasteiger partial charge in [-0.3, -0.25) is 43.2 Å². The first-order valence-corrected chi connectivity index (χ1v) is 19.3. The molecule has 0 saturated heterocycles. The second-order valence-corrected chi connectivity index (χ2v) is 15.3. The summed E-state index contributed by atoms with van der Waals surface area (Å²) in [5.41, 5.74) is 22.6. The van der Waals surface area contributed by atoms with Crippen molar-refractivity contribution in [2.24, 2.45) is 40.7 Å². The number of phenols is 1. The molecule has 0 aromatic heterocycles. The molecule has 21 nitrogen and oxygen atoms in total. The van der Waals surface area contributed by atoms with E-state index in [4.69, 9.17) is 22.9 Å². The summed E-state index contributed by atoms with van der Waals surface area (Å²) in [5.74, 6) is -9.21. The second-order valence-electron chi connectivity index (χ2n) is 15.3. The molecule has 1 rings (SSSR count). The van der Waals surface area contributed by atoms with Crippen molar-refractivity contribution >= 4 is 53.2 Å². The van der Waals surface area contributed by atoms with E-state index < -0.39 is 121 Å². The molecule has 1 aromatic carbocycles. The van der Waals surface area contributed by atoms with E-state index in [0.717, 1.165) is 0 Å². The number of benzene rings is 1. The van der Waals surface area contributed by atoms with Gasteiger partial charge >= 0.3 is 0 Å². The highest BCUT2D eigenvalue weighted by Crippen LogP contribution is 2.14. The molecule has 1 aromatic rings. The molecule has 0 heterocycles. The third-order valence-corrected chi connectivity index (χ3v) is 9.12. The first-order valence-electron chi connectivity index (χ1n) is 19.3. The van der Waals surface area contributed by atoms with Crippen LogP contribution < -0.4 is 54.8 Å². The molecule has 0 unspecified atom stereocenters. The van der Waals surface area contributed by atoms with E-state index in [-0.39, 0.29) is 36.8 Å². The number of aliphatic hydroxyl groups is 1. The van der Waals surface area contributed by atoms with Crippen LogP contribution in [0.25, 0.3) is 0 Å². The molecule has 0 aliphatic rings. The maximum Gasteiger partial charge on any atom is 0.245 e. The Bertz CT molecular complexity index is 1640. The van der Waals surface area contributed by atoms with Crippen molar-refractivity contribution in [3.63, 3.8) is 0 Å². The Balaban J connectivity index is 3.21. The summed E-state index contributed by atoms with van der Waals surface area (Å²) in [6.45, 7) is 9.41. The van der Waals surface area contributed by atoms with Crippen LogP contribution in [0.4, 0.5) is 0 Å². The number of aromatic hydroxyl groups is 1. The lowest BCUT2D eigenvalue weighted by atomic mass is 9.96. The highest BCUT2D eigenvalue weighted by Gasteiger charge is 2.35. The number of primary amides is 3. The summed E-state index contributed by atoms with van der Waals surface area (Å²) in [6, 6.07) is -3.75. The molecule has 16 N–H and O–H groups in total. The molecule has 0 bridgehead atoms. The van der Waals surface area contributed by atoms with Crippen molar-refractivity contribution < 1.29 is 53.4 Å². The molecule has 59 heavy (non-hydrogen) atoms. The molecular weight excluding hydrogens is 772 g/mol. The van der Waals surface area contributed by atoms with Gasteiger partial charge in [0.1, 0.15) is 42.0 Å². The number of carbonyl (C=O) groups excluding carboxylic acids is 9. The Morgan fingerprint density at radius 1 is 0.576 bits per heavy atom. The third-order valence-electron chi connectivity index (χ3n) is 9.12. The Hall–Kier alpha value is -5.83. The molecule has 0 aliphatic heterocycles. The van der Waals surface area contributed by atoms with E-state index in [1.165, 1.54) is 12.1 Å². The number of hydrogen-bond donors (Lipinski definition) is 12. The minimum Gasteiger partial charge on any atom is -0.508 e. The lowest BCUT2D eigenvalue weighted by molar-refractivity contribution is -0.137. The van der Waals surface area contributed by atoms with Gasteiger partial charge in [-0.2, -0.15) is 0 Å². The van der Waals surface area contributed by atoms with Crippen LogP contribution in [0.2, 0.25) is 0 Å². The van der Waals surface area contributed by atoms with Crippen molar-refractivity contribution in [1.29, 1.82) is 0 Å². The monoisotopic (exact) mass is 834 g/mol. The van der Waals surface area contributed by atoms with Crippen molar-refractivity contribution in [3.8, 4) is 5.75 Å². The number of nitrogens with two attached hydrogens (primary N) is 4. The van der Waals surface area contributed by atoms with Crippen molar-refractivity contribution in [2.75, 3.05) is 6.61 Å². The standard InChI is InChI=1S/C38H62N10O11/c1-7-20(6)31(38(59)46-26(13-19(4)5)34(55)43-24(32(42)53)15-29(40)51)48-37(58)28(17-49)47-36(57)27(16-30(41)52)45-35(56)25(12-18(2)3)44-33(54)23(39)14-21-8-10-22(50)11-9-21/h8-11,18-20,23-28,31,49-50H,7,12-17,39H2,1-6H3,(H2,40,51)(H2,41,52)(H2,42,53)(H,43,55)(H,44,54)(H,45,56)(H,46,59)(H,47,57)(H,48,58)/t20-,23-,24-,25-,26-,27-,28-,31-/m0/s1. The molecule has 0 saturated carbocycles. The van der Waals surface area contributed by atoms with Crippen LogP contribution in [-0.2, 0) is 49.6 Å². The number of nitrogens with one attached hydrogen (secondary N) is 6.